The van der Waals surface area contributed by atoms with Crippen LogP contribution in [0.15, 0.2) is 0 Å². The maximum Gasteiger partial charge on any atom is 0.131 e. The fourth-order valence-corrected chi connectivity index (χ4v) is 1.01. The van der Waals surface area contributed by atoms with Crippen molar-refractivity contribution in [1.29, 1.82) is 5.26 Å². The van der Waals surface area contributed by atoms with Gasteiger partial charge in [-0.15, -0.1) is 0 Å². The molecule has 4 nitrogen and oxygen atoms in total. The number of hydrogen-bond donors (Lipinski definition) is 2. The summed E-state index contributed by atoms with van der Waals surface area (Å²) in [5, 5.41) is 14.9. The fraction of sp³-hybridized carbons (Fsp3) is 0.857. The highest BCUT2D eigenvalue weighted by atomic mass is 16.5. The normalized spacial score (nSPS) is 20.4. The fourth-order valence-electron chi connectivity index (χ4n) is 1.01. The van der Waals surface area contributed by atoms with E-state index in [2.05, 4.69) is 16.7 Å². The first-order valence-corrected chi connectivity index (χ1v) is 3.69. The van der Waals surface area contributed by atoms with Crippen molar-refractivity contribution >= 4 is 0 Å². The second kappa shape index (κ2) is 3.67. The zero-order valence-electron chi connectivity index (χ0n) is 6.68. The lowest BCUT2D eigenvalue weighted by Crippen LogP contribution is -2.67. The van der Waals surface area contributed by atoms with Gasteiger partial charge >= 0.3 is 0 Å². The Bertz CT molecular complexity index is 160. The van der Waals surface area contributed by atoms with Crippen LogP contribution in [0, 0.1) is 11.3 Å². The Balaban J connectivity index is 2.18. The average Bonchev–Trinajstić information content (AvgIpc) is 1.95. The SMILES string of the molecule is COCCNC1(C#N)CNC1. The predicted molar refractivity (Wildman–Crippen MR) is 41.1 cm³/mol. The smallest absolute Gasteiger partial charge is 0.131 e. The molecule has 1 aliphatic heterocycles. The van der Waals surface area contributed by atoms with Crippen LogP contribution in [0.25, 0.3) is 0 Å². The lowest BCUT2D eigenvalue weighted by molar-refractivity contribution is 0.180. The molecule has 1 saturated heterocycles. The van der Waals surface area contributed by atoms with Crippen molar-refractivity contribution in [1.82, 2.24) is 10.6 Å². The summed E-state index contributed by atoms with van der Waals surface area (Å²) in [7, 11) is 1.65. The number of nitrogens with one attached hydrogen (secondary N) is 2. The zero-order valence-corrected chi connectivity index (χ0v) is 6.68. The molecule has 0 amide bonds. The summed E-state index contributed by atoms with van der Waals surface area (Å²) in [4.78, 5) is 0. The minimum absolute atomic E-state index is 0.321. The molecule has 11 heavy (non-hydrogen) atoms. The summed E-state index contributed by atoms with van der Waals surface area (Å²) in [6.45, 7) is 2.88. The van der Waals surface area contributed by atoms with E-state index in [9.17, 15) is 0 Å². The van der Waals surface area contributed by atoms with E-state index in [4.69, 9.17) is 10.00 Å². The molecule has 0 saturated carbocycles. The second-order valence-corrected chi connectivity index (χ2v) is 2.72. The Morgan fingerprint density at radius 1 is 1.73 bits per heavy atom. The van der Waals surface area contributed by atoms with E-state index in [1.807, 2.05) is 0 Å². The summed E-state index contributed by atoms with van der Waals surface area (Å²) in [5.41, 5.74) is -0.321. The van der Waals surface area contributed by atoms with Gasteiger partial charge in [0, 0.05) is 26.7 Å². The van der Waals surface area contributed by atoms with Crippen LogP contribution < -0.4 is 10.6 Å². The van der Waals surface area contributed by atoms with Crippen LogP contribution in [0.1, 0.15) is 0 Å². The maximum atomic E-state index is 8.74. The number of methoxy groups -OCH3 is 1. The van der Waals surface area contributed by atoms with E-state index in [1.165, 1.54) is 0 Å². The van der Waals surface area contributed by atoms with Crippen LogP contribution in [0.3, 0.4) is 0 Å². The molecule has 0 radical (unpaired) electrons. The molecular weight excluding hydrogens is 142 g/mol. The number of hydrogen-bond acceptors (Lipinski definition) is 4. The van der Waals surface area contributed by atoms with Gasteiger partial charge in [-0.3, -0.25) is 5.32 Å². The Hall–Kier alpha value is -0.630. The molecule has 0 atom stereocenters. The monoisotopic (exact) mass is 155 g/mol. The molecule has 0 unspecified atom stereocenters. The summed E-state index contributed by atoms with van der Waals surface area (Å²) in [5.74, 6) is 0. The van der Waals surface area contributed by atoms with Crippen LogP contribution in [0.5, 0.6) is 0 Å². The van der Waals surface area contributed by atoms with Gasteiger partial charge in [-0.2, -0.15) is 5.26 Å². The van der Waals surface area contributed by atoms with Gasteiger partial charge in [0.15, 0.2) is 0 Å². The Morgan fingerprint density at radius 3 is 2.82 bits per heavy atom. The van der Waals surface area contributed by atoms with Gasteiger partial charge in [-0.25, -0.2) is 0 Å². The van der Waals surface area contributed by atoms with Crippen LogP contribution in [-0.4, -0.2) is 38.9 Å². The van der Waals surface area contributed by atoms with Crippen LogP contribution in [0.4, 0.5) is 0 Å². The third-order valence-electron chi connectivity index (χ3n) is 1.84. The molecule has 1 aliphatic rings. The number of nitrogens with zero attached hydrogens (tertiary/aromatic N) is 1. The number of ether oxygens (including phenoxy) is 1. The van der Waals surface area contributed by atoms with E-state index in [-0.39, 0.29) is 5.54 Å². The van der Waals surface area contributed by atoms with Gasteiger partial charge in [0.25, 0.3) is 0 Å². The molecule has 1 fully saturated rings. The van der Waals surface area contributed by atoms with Crippen molar-refractivity contribution in [3.63, 3.8) is 0 Å². The molecule has 0 aliphatic carbocycles. The predicted octanol–water partition coefficient (Wildman–Crippen LogP) is -0.912. The molecule has 0 aromatic heterocycles. The highest BCUT2D eigenvalue weighted by Gasteiger charge is 2.36. The molecule has 1 heterocycles. The molecule has 0 aromatic carbocycles. The van der Waals surface area contributed by atoms with E-state index in [1.54, 1.807) is 7.11 Å². The van der Waals surface area contributed by atoms with E-state index < -0.39 is 0 Å². The topological polar surface area (TPSA) is 57.1 Å². The van der Waals surface area contributed by atoms with Crippen molar-refractivity contribution in [3.8, 4) is 6.07 Å². The Labute approximate surface area is 66.5 Å². The van der Waals surface area contributed by atoms with Crippen LogP contribution in [-0.2, 0) is 4.74 Å². The lowest BCUT2D eigenvalue weighted by atomic mass is 9.95. The van der Waals surface area contributed by atoms with Crippen molar-refractivity contribution in [2.24, 2.45) is 0 Å². The first kappa shape index (κ1) is 8.47. The first-order chi connectivity index (χ1) is 5.33. The van der Waals surface area contributed by atoms with Crippen LogP contribution >= 0.6 is 0 Å². The summed E-state index contributed by atoms with van der Waals surface area (Å²) in [6, 6.07) is 2.24. The van der Waals surface area contributed by atoms with E-state index in [0.717, 1.165) is 19.6 Å². The van der Waals surface area contributed by atoms with Gasteiger partial charge in [-0.1, -0.05) is 0 Å². The minimum atomic E-state index is -0.321. The molecule has 2 N–H and O–H groups in total. The number of rotatable bonds is 4. The van der Waals surface area contributed by atoms with Crippen molar-refractivity contribution in [2.75, 3.05) is 33.4 Å². The summed E-state index contributed by atoms with van der Waals surface area (Å²) in [6.07, 6.45) is 0. The third kappa shape index (κ3) is 1.90. The molecule has 4 heteroatoms. The van der Waals surface area contributed by atoms with Gasteiger partial charge < -0.3 is 10.1 Å². The van der Waals surface area contributed by atoms with Gasteiger partial charge in [0.2, 0.25) is 0 Å². The molecular formula is C7H13N3O. The number of nitriles is 1. The van der Waals surface area contributed by atoms with Gasteiger partial charge in [0.1, 0.15) is 5.54 Å². The van der Waals surface area contributed by atoms with E-state index >= 15 is 0 Å². The standard InChI is InChI=1S/C7H13N3O/c1-11-3-2-10-7(4-8)5-9-6-7/h9-10H,2-3,5-6H2,1H3. The summed E-state index contributed by atoms with van der Waals surface area (Å²) < 4.78 is 4.86. The van der Waals surface area contributed by atoms with Gasteiger partial charge in [0.05, 0.1) is 12.7 Å². The van der Waals surface area contributed by atoms with Crippen LogP contribution in [0.2, 0.25) is 0 Å². The highest BCUT2D eigenvalue weighted by Crippen LogP contribution is 2.07. The Morgan fingerprint density at radius 2 is 2.45 bits per heavy atom. The van der Waals surface area contributed by atoms with E-state index in [0.29, 0.717) is 6.61 Å². The molecule has 0 bridgehead atoms. The average molecular weight is 155 g/mol. The van der Waals surface area contributed by atoms with Gasteiger partial charge in [-0.05, 0) is 0 Å². The summed E-state index contributed by atoms with van der Waals surface area (Å²) >= 11 is 0. The molecule has 0 aromatic rings. The largest absolute Gasteiger partial charge is 0.383 e. The quantitative estimate of drug-likeness (QED) is 0.516. The Kier molecular flexibility index (Phi) is 2.83. The molecule has 0 spiro atoms. The molecule has 62 valence electrons. The third-order valence-corrected chi connectivity index (χ3v) is 1.84. The lowest BCUT2D eigenvalue weighted by Gasteiger charge is -2.36. The molecule has 1 rings (SSSR count). The zero-order chi connectivity index (χ0) is 8.16. The highest BCUT2D eigenvalue weighted by molar-refractivity contribution is 5.16. The van der Waals surface area contributed by atoms with Crippen molar-refractivity contribution in [2.45, 2.75) is 5.54 Å². The second-order valence-electron chi connectivity index (χ2n) is 2.72. The van der Waals surface area contributed by atoms with Crippen molar-refractivity contribution in [3.05, 3.63) is 0 Å². The minimum Gasteiger partial charge on any atom is -0.383 e. The van der Waals surface area contributed by atoms with Crippen molar-refractivity contribution < 1.29 is 4.74 Å². The first-order valence-electron chi connectivity index (χ1n) is 3.69. The maximum absolute atomic E-state index is 8.74.